The molecule has 0 aromatic heterocycles. The van der Waals surface area contributed by atoms with Crippen LogP contribution in [0.15, 0.2) is 0 Å². The van der Waals surface area contributed by atoms with Gasteiger partial charge in [0, 0.05) is 19.7 Å². The van der Waals surface area contributed by atoms with Crippen molar-refractivity contribution in [2.45, 2.75) is 26.7 Å². The smallest absolute Gasteiger partial charge is 0.213 e. The number of ether oxygens (including phenoxy) is 1. The first-order valence-corrected chi connectivity index (χ1v) is 7.88. The van der Waals surface area contributed by atoms with Crippen LogP contribution in [-0.2, 0) is 14.8 Å². The Kier molecular flexibility index (Phi) is 5.85. The van der Waals surface area contributed by atoms with Gasteiger partial charge in [-0.25, -0.2) is 13.1 Å². The lowest BCUT2D eigenvalue weighted by Gasteiger charge is -2.34. The van der Waals surface area contributed by atoms with Crippen molar-refractivity contribution in [3.63, 3.8) is 0 Å². The van der Waals surface area contributed by atoms with Gasteiger partial charge in [0.2, 0.25) is 10.0 Å². The van der Waals surface area contributed by atoms with Crippen LogP contribution in [0.25, 0.3) is 0 Å². The number of rotatable bonds is 7. The van der Waals surface area contributed by atoms with E-state index in [-0.39, 0.29) is 17.8 Å². The predicted octanol–water partition coefficient (Wildman–Crippen LogP) is 0.332. The van der Waals surface area contributed by atoms with Crippen LogP contribution in [0, 0.1) is 5.41 Å². The van der Waals surface area contributed by atoms with Gasteiger partial charge in [-0.15, -0.1) is 0 Å². The van der Waals surface area contributed by atoms with Crippen LogP contribution < -0.4 is 10.0 Å². The summed E-state index contributed by atoms with van der Waals surface area (Å²) in [5.41, 5.74) is 0.0386. The third-order valence-corrected chi connectivity index (χ3v) is 4.39. The molecule has 5 nitrogen and oxygen atoms in total. The Hall–Kier alpha value is -0.170. The van der Waals surface area contributed by atoms with E-state index in [4.69, 9.17) is 4.74 Å². The maximum Gasteiger partial charge on any atom is 0.213 e. The maximum atomic E-state index is 11.7. The largest absolute Gasteiger partial charge is 0.381 e. The third kappa shape index (κ3) is 5.81. The molecular weight excluding hydrogens is 240 g/mol. The second kappa shape index (κ2) is 6.68. The second-order valence-corrected chi connectivity index (χ2v) is 6.85. The third-order valence-electron chi connectivity index (χ3n) is 3.11. The van der Waals surface area contributed by atoms with Gasteiger partial charge in [0.25, 0.3) is 0 Å². The molecule has 1 heterocycles. The molecule has 2 N–H and O–H groups in total. The zero-order chi connectivity index (χ0) is 12.8. The molecule has 1 aliphatic rings. The summed E-state index contributed by atoms with van der Waals surface area (Å²) in [6.45, 7) is 7.21. The average molecular weight is 264 g/mol. The number of hydrogen-bond acceptors (Lipinski definition) is 4. The van der Waals surface area contributed by atoms with Gasteiger partial charge in [-0.3, -0.25) is 0 Å². The van der Waals surface area contributed by atoms with Crippen molar-refractivity contribution < 1.29 is 13.2 Å². The van der Waals surface area contributed by atoms with E-state index in [0.717, 1.165) is 25.9 Å². The van der Waals surface area contributed by atoms with Crippen molar-refractivity contribution in [1.29, 1.82) is 0 Å². The molecule has 1 rings (SSSR count). The van der Waals surface area contributed by atoms with Crippen molar-refractivity contribution in [3.05, 3.63) is 0 Å². The normalized spacial score (nSPS) is 26.0. The first-order valence-electron chi connectivity index (χ1n) is 6.23. The van der Waals surface area contributed by atoms with Crippen molar-refractivity contribution in [3.8, 4) is 0 Å². The van der Waals surface area contributed by atoms with Gasteiger partial charge in [-0.2, -0.15) is 0 Å². The van der Waals surface area contributed by atoms with Crippen LogP contribution in [0.3, 0.4) is 0 Å². The first kappa shape index (κ1) is 14.9. The Morgan fingerprint density at radius 1 is 1.47 bits per heavy atom. The molecule has 0 aromatic rings. The minimum atomic E-state index is -3.19. The lowest BCUT2D eigenvalue weighted by molar-refractivity contribution is 0.163. The summed E-state index contributed by atoms with van der Waals surface area (Å²) < 4.78 is 31.1. The standard InChI is InChI=1S/C11H24N2O3S/c1-3-16-7-8-17(14,15)13-10-11(2)5-4-6-12-9-11/h12-13H,3-10H2,1-2H3. The van der Waals surface area contributed by atoms with Gasteiger partial charge in [-0.1, -0.05) is 6.92 Å². The SMILES string of the molecule is CCOCCS(=O)(=O)NCC1(C)CCCNC1. The fourth-order valence-electron chi connectivity index (χ4n) is 1.94. The van der Waals surface area contributed by atoms with Gasteiger partial charge in [0.1, 0.15) is 0 Å². The summed E-state index contributed by atoms with van der Waals surface area (Å²) in [7, 11) is -3.19. The van der Waals surface area contributed by atoms with Gasteiger partial charge >= 0.3 is 0 Å². The number of hydrogen-bond donors (Lipinski definition) is 2. The molecule has 0 aliphatic carbocycles. The molecule has 102 valence electrons. The Labute approximate surface area is 104 Å². The van der Waals surface area contributed by atoms with Crippen molar-refractivity contribution in [2.75, 3.05) is 38.6 Å². The minimum Gasteiger partial charge on any atom is -0.381 e. The topological polar surface area (TPSA) is 67.4 Å². The van der Waals surface area contributed by atoms with Crippen molar-refractivity contribution in [1.82, 2.24) is 10.0 Å². The van der Waals surface area contributed by atoms with Crippen molar-refractivity contribution in [2.24, 2.45) is 5.41 Å². The molecule has 0 spiro atoms. The Balaban J connectivity index is 2.32. The van der Waals surface area contributed by atoms with E-state index in [1.54, 1.807) is 0 Å². The monoisotopic (exact) mass is 264 g/mol. The molecule has 0 bridgehead atoms. The Morgan fingerprint density at radius 3 is 2.82 bits per heavy atom. The van der Waals surface area contributed by atoms with Crippen LogP contribution in [0.4, 0.5) is 0 Å². The molecule has 0 saturated carbocycles. The molecule has 1 atom stereocenters. The van der Waals surface area contributed by atoms with Crippen LogP contribution in [-0.4, -0.2) is 47.0 Å². The summed E-state index contributed by atoms with van der Waals surface area (Å²) in [6, 6.07) is 0. The highest BCUT2D eigenvalue weighted by Crippen LogP contribution is 2.24. The molecule has 0 radical (unpaired) electrons. The summed E-state index contributed by atoms with van der Waals surface area (Å²) in [4.78, 5) is 0. The van der Waals surface area contributed by atoms with E-state index < -0.39 is 10.0 Å². The van der Waals surface area contributed by atoms with Gasteiger partial charge < -0.3 is 10.1 Å². The molecule has 1 unspecified atom stereocenters. The molecule has 0 amide bonds. The number of nitrogens with one attached hydrogen (secondary N) is 2. The second-order valence-electron chi connectivity index (χ2n) is 4.93. The van der Waals surface area contributed by atoms with Crippen LogP contribution >= 0.6 is 0 Å². The fraction of sp³-hybridized carbons (Fsp3) is 1.00. The minimum absolute atomic E-state index is 0.0386. The van der Waals surface area contributed by atoms with E-state index in [2.05, 4.69) is 17.0 Å². The average Bonchev–Trinajstić information content (AvgIpc) is 2.28. The van der Waals surface area contributed by atoms with Crippen LogP contribution in [0.1, 0.15) is 26.7 Å². The van der Waals surface area contributed by atoms with Gasteiger partial charge in [0.15, 0.2) is 0 Å². The summed E-state index contributed by atoms with van der Waals surface area (Å²) >= 11 is 0. The van der Waals surface area contributed by atoms with Gasteiger partial charge in [0.05, 0.1) is 12.4 Å². The molecule has 17 heavy (non-hydrogen) atoms. The van der Waals surface area contributed by atoms with E-state index in [9.17, 15) is 8.42 Å². The van der Waals surface area contributed by atoms with E-state index >= 15 is 0 Å². The number of piperidine rings is 1. The van der Waals surface area contributed by atoms with E-state index in [0.29, 0.717) is 13.2 Å². The van der Waals surface area contributed by atoms with Crippen LogP contribution in [0.2, 0.25) is 0 Å². The summed E-state index contributed by atoms with van der Waals surface area (Å²) in [5.74, 6) is 0.0460. The van der Waals surface area contributed by atoms with E-state index in [1.807, 2.05) is 6.92 Å². The maximum absolute atomic E-state index is 11.7. The lowest BCUT2D eigenvalue weighted by Crippen LogP contribution is -2.46. The highest BCUT2D eigenvalue weighted by atomic mass is 32.2. The van der Waals surface area contributed by atoms with Gasteiger partial charge in [-0.05, 0) is 31.7 Å². The van der Waals surface area contributed by atoms with Crippen LogP contribution in [0.5, 0.6) is 0 Å². The quantitative estimate of drug-likeness (QED) is 0.650. The molecule has 1 saturated heterocycles. The summed E-state index contributed by atoms with van der Waals surface area (Å²) in [6.07, 6.45) is 2.17. The predicted molar refractivity (Wildman–Crippen MR) is 68.5 cm³/mol. The highest BCUT2D eigenvalue weighted by Gasteiger charge is 2.28. The molecule has 6 heteroatoms. The Bertz CT molecular complexity index is 311. The van der Waals surface area contributed by atoms with E-state index in [1.165, 1.54) is 0 Å². The zero-order valence-corrected chi connectivity index (χ0v) is 11.6. The highest BCUT2D eigenvalue weighted by molar-refractivity contribution is 7.89. The molecule has 0 aromatic carbocycles. The number of sulfonamides is 1. The summed E-state index contributed by atoms with van der Waals surface area (Å²) in [5, 5.41) is 3.30. The fourth-order valence-corrected chi connectivity index (χ4v) is 2.99. The molecule has 1 fully saturated rings. The lowest BCUT2D eigenvalue weighted by atomic mass is 9.83. The first-order chi connectivity index (χ1) is 7.97. The van der Waals surface area contributed by atoms with Crippen molar-refractivity contribution >= 4 is 10.0 Å². The molecular formula is C11H24N2O3S. The Morgan fingerprint density at radius 2 is 2.24 bits per heavy atom. The molecule has 1 aliphatic heterocycles. The zero-order valence-electron chi connectivity index (χ0n) is 10.8.